The highest BCUT2D eigenvalue weighted by Gasteiger charge is 2.29. The smallest absolute Gasteiger partial charge is 0.224 e. The van der Waals surface area contributed by atoms with E-state index in [0.717, 1.165) is 38.8 Å². The minimum atomic E-state index is -3.21. The minimum Gasteiger partial charge on any atom is -0.371 e. The molecule has 0 aromatic heterocycles. The van der Waals surface area contributed by atoms with E-state index < -0.39 is 10.0 Å². The third-order valence-corrected chi connectivity index (χ3v) is 6.38. The van der Waals surface area contributed by atoms with Crippen LogP contribution in [0, 0.1) is 5.92 Å². The van der Waals surface area contributed by atoms with Crippen molar-refractivity contribution in [1.82, 2.24) is 9.62 Å². The molecule has 0 spiro atoms. The second kappa shape index (κ2) is 7.74. The van der Waals surface area contributed by atoms with Crippen LogP contribution in [0.15, 0.2) is 24.3 Å². The van der Waals surface area contributed by atoms with Crippen molar-refractivity contribution >= 4 is 21.6 Å². The number of carbonyl (C=O) groups excluding carboxylic acids is 1. The Kier molecular flexibility index (Phi) is 5.64. The van der Waals surface area contributed by atoms with Crippen molar-refractivity contribution < 1.29 is 13.2 Å². The van der Waals surface area contributed by atoms with Gasteiger partial charge in [0.1, 0.15) is 0 Å². The second-order valence-corrected chi connectivity index (χ2v) is 8.95. The molecule has 0 radical (unpaired) electrons. The van der Waals surface area contributed by atoms with Gasteiger partial charge in [0.05, 0.1) is 12.2 Å². The molecule has 2 heterocycles. The van der Waals surface area contributed by atoms with E-state index in [1.165, 1.54) is 21.8 Å². The highest BCUT2D eigenvalue weighted by atomic mass is 32.2. The Morgan fingerprint density at radius 1 is 1.28 bits per heavy atom. The summed E-state index contributed by atoms with van der Waals surface area (Å²) in [5, 5.41) is 2.99. The monoisotopic (exact) mass is 365 g/mol. The molecular weight excluding hydrogens is 338 g/mol. The van der Waals surface area contributed by atoms with Gasteiger partial charge in [0.15, 0.2) is 0 Å². The molecule has 25 heavy (non-hydrogen) atoms. The van der Waals surface area contributed by atoms with Crippen LogP contribution in [0.25, 0.3) is 0 Å². The predicted molar refractivity (Wildman–Crippen MR) is 99.1 cm³/mol. The van der Waals surface area contributed by atoms with Crippen molar-refractivity contribution in [2.24, 2.45) is 5.92 Å². The number of nitrogens with zero attached hydrogens (tertiary/aromatic N) is 2. The zero-order chi connectivity index (χ0) is 17.9. The van der Waals surface area contributed by atoms with Crippen molar-refractivity contribution in [2.75, 3.05) is 43.9 Å². The molecular formula is C18H27N3O3S. The number of fused-ring (bicyclic) bond motifs is 1. The number of piperidine rings is 1. The highest BCUT2D eigenvalue weighted by molar-refractivity contribution is 7.88. The molecule has 3 rings (SSSR count). The van der Waals surface area contributed by atoms with Gasteiger partial charge in [-0.3, -0.25) is 4.79 Å². The first-order chi connectivity index (χ1) is 11.9. The topological polar surface area (TPSA) is 69.7 Å². The fourth-order valence-corrected chi connectivity index (χ4v) is 4.63. The Balaban J connectivity index is 1.41. The maximum absolute atomic E-state index is 12.3. The fourth-order valence-electron chi connectivity index (χ4n) is 3.72. The van der Waals surface area contributed by atoms with Crippen molar-refractivity contribution in [2.45, 2.75) is 25.7 Å². The molecule has 1 unspecified atom stereocenters. The Bertz CT molecular complexity index is 720. The van der Waals surface area contributed by atoms with E-state index >= 15 is 0 Å². The van der Waals surface area contributed by atoms with Gasteiger partial charge in [-0.2, -0.15) is 0 Å². The molecule has 6 nitrogen and oxygen atoms in total. The molecule has 1 aromatic carbocycles. The van der Waals surface area contributed by atoms with Gasteiger partial charge in [-0.05, 0) is 37.3 Å². The van der Waals surface area contributed by atoms with Crippen LogP contribution in [0.3, 0.4) is 0 Å². The van der Waals surface area contributed by atoms with E-state index in [1.807, 2.05) is 0 Å². The number of hydrogen-bond donors (Lipinski definition) is 1. The number of carbonyl (C=O) groups is 1. The maximum Gasteiger partial charge on any atom is 0.224 e. The lowest BCUT2D eigenvalue weighted by Gasteiger charge is -2.30. The molecule has 1 N–H and O–H groups in total. The Labute approximate surface area is 150 Å². The standard InChI is InChI=1S/C18H27N3O3S/c1-25(23,24)21-12-4-7-16(14-21)18(22)19-10-5-11-20-13-9-15-6-2-3-8-17(15)20/h2-3,6,8,16H,4-5,7,9-14H2,1H3,(H,19,22). The summed E-state index contributed by atoms with van der Waals surface area (Å²) in [6.45, 7) is 3.44. The maximum atomic E-state index is 12.3. The Hall–Kier alpha value is -1.60. The Morgan fingerprint density at radius 3 is 2.88 bits per heavy atom. The summed E-state index contributed by atoms with van der Waals surface area (Å²) in [6.07, 6.45) is 4.70. The molecule has 1 saturated heterocycles. The lowest BCUT2D eigenvalue weighted by Crippen LogP contribution is -2.45. The summed E-state index contributed by atoms with van der Waals surface area (Å²) in [6, 6.07) is 8.47. The van der Waals surface area contributed by atoms with Crippen molar-refractivity contribution in [3.63, 3.8) is 0 Å². The summed E-state index contributed by atoms with van der Waals surface area (Å²) >= 11 is 0. The van der Waals surface area contributed by atoms with Gasteiger partial charge in [0.2, 0.25) is 15.9 Å². The van der Waals surface area contributed by atoms with Crippen molar-refractivity contribution in [3.05, 3.63) is 29.8 Å². The first-order valence-corrected chi connectivity index (χ1v) is 10.9. The first-order valence-electron chi connectivity index (χ1n) is 9.01. The number of amides is 1. The Morgan fingerprint density at radius 2 is 2.08 bits per heavy atom. The van der Waals surface area contributed by atoms with E-state index in [0.29, 0.717) is 19.6 Å². The van der Waals surface area contributed by atoms with Gasteiger partial charge in [-0.1, -0.05) is 18.2 Å². The summed E-state index contributed by atoms with van der Waals surface area (Å²) in [5.41, 5.74) is 2.71. The molecule has 1 aromatic rings. The number of nitrogens with one attached hydrogen (secondary N) is 1. The van der Waals surface area contributed by atoms with Gasteiger partial charge in [0, 0.05) is 38.4 Å². The van der Waals surface area contributed by atoms with E-state index in [9.17, 15) is 13.2 Å². The average molecular weight is 365 g/mol. The average Bonchev–Trinajstić information content (AvgIpc) is 3.01. The van der Waals surface area contributed by atoms with Gasteiger partial charge < -0.3 is 10.2 Å². The largest absolute Gasteiger partial charge is 0.371 e. The highest BCUT2D eigenvalue weighted by Crippen LogP contribution is 2.27. The predicted octanol–water partition coefficient (Wildman–Crippen LogP) is 1.23. The molecule has 2 aliphatic rings. The zero-order valence-electron chi connectivity index (χ0n) is 14.8. The first kappa shape index (κ1) is 18.2. The molecule has 0 bridgehead atoms. The van der Waals surface area contributed by atoms with Crippen molar-refractivity contribution in [1.29, 1.82) is 0 Å². The van der Waals surface area contributed by atoms with E-state index in [-0.39, 0.29) is 11.8 Å². The lowest BCUT2D eigenvalue weighted by molar-refractivity contribution is -0.126. The van der Waals surface area contributed by atoms with Crippen LogP contribution in [-0.2, 0) is 21.2 Å². The molecule has 2 aliphatic heterocycles. The third kappa shape index (κ3) is 4.52. The van der Waals surface area contributed by atoms with E-state index in [2.05, 4.69) is 34.5 Å². The third-order valence-electron chi connectivity index (χ3n) is 5.11. The quantitative estimate of drug-likeness (QED) is 0.770. The zero-order valence-corrected chi connectivity index (χ0v) is 15.6. The summed E-state index contributed by atoms with van der Waals surface area (Å²) in [7, 11) is -3.21. The summed E-state index contributed by atoms with van der Waals surface area (Å²) < 4.78 is 24.7. The van der Waals surface area contributed by atoms with Crippen LogP contribution < -0.4 is 10.2 Å². The number of para-hydroxylation sites is 1. The van der Waals surface area contributed by atoms with Gasteiger partial charge in [0.25, 0.3) is 0 Å². The molecule has 0 saturated carbocycles. The normalized spacial score (nSPS) is 21.2. The van der Waals surface area contributed by atoms with Gasteiger partial charge in [-0.25, -0.2) is 12.7 Å². The number of rotatable bonds is 6. The molecule has 7 heteroatoms. The number of sulfonamides is 1. The van der Waals surface area contributed by atoms with Crippen LogP contribution in [0.1, 0.15) is 24.8 Å². The van der Waals surface area contributed by atoms with Crippen LogP contribution in [0.2, 0.25) is 0 Å². The van der Waals surface area contributed by atoms with Crippen LogP contribution in [0.5, 0.6) is 0 Å². The number of anilines is 1. The molecule has 1 fully saturated rings. The second-order valence-electron chi connectivity index (χ2n) is 6.97. The van der Waals surface area contributed by atoms with E-state index in [4.69, 9.17) is 0 Å². The number of hydrogen-bond acceptors (Lipinski definition) is 4. The summed E-state index contributed by atoms with van der Waals surface area (Å²) in [4.78, 5) is 14.7. The summed E-state index contributed by atoms with van der Waals surface area (Å²) in [5.74, 6) is -0.244. The van der Waals surface area contributed by atoms with E-state index in [1.54, 1.807) is 0 Å². The van der Waals surface area contributed by atoms with Crippen LogP contribution in [-0.4, -0.2) is 57.6 Å². The van der Waals surface area contributed by atoms with Crippen molar-refractivity contribution in [3.8, 4) is 0 Å². The van der Waals surface area contributed by atoms with Gasteiger partial charge in [-0.15, -0.1) is 0 Å². The number of benzene rings is 1. The lowest BCUT2D eigenvalue weighted by atomic mass is 9.99. The molecule has 0 aliphatic carbocycles. The molecule has 138 valence electrons. The molecule has 1 atom stereocenters. The van der Waals surface area contributed by atoms with Crippen LogP contribution in [0.4, 0.5) is 5.69 Å². The SMILES string of the molecule is CS(=O)(=O)N1CCCC(C(=O)NCCCN2CCc3ccccc32)C1. The van der Waals surface area contributed by atoms with Gasteiger partial charge >= 0.3 is 0 Å². The molecule has 1 amide bonds. The minimum absolute atomic E-state index is 0.0184. The fraction of sp³-hybridized carbons (Fsp3) is 0.611. The van der Waals surface area contributed by atoms with Crippen LogP contribution >= 0.6 is 0 Å².